The van der Waals surface area contributed by atoms with Gasteiger partial charge in [-0.2, -0.15) is 18.2 Å². The van der Waals surface area contributed by atoms with Crippen molar-refractivity contribution in [1.29, 1.82) is 0 Å². The van der Waals surface area contributed by atoms with Gasteiger partial charge in [-0.15, -0.1) is 18.2 Å². The summed E-state index contributed by atoms with van der Waals surface area (Å²) >= 11 is 0. The SMILES string of the molecule is [2H]c1c([2H])c([2H])c(-c2cccc(-c3c([2H])c([2H])c([2H])c([2H])c3[2H])c2-[n+]2[c-]n(-c3[c-]c(-n4c(=O)n(-c5ccccc5)c5cc6c7ccccc7n(-c7cc(C(C)(C)C)ccn7)c6[c-]c54)ccc3)c3ccccc32)c([2H])c1[2H].[Pt]. The van der Waals surface area contributed by atoms with Crippen molar-refractivity contribution in [1.82, 2.24) is 23.3 Å². The maximum Gasteiger partial charge on any atom is 0.323 e. The summed E-state index contributed by atoms with van der Waals surface area (Å²) in [5.41, 5.74) is 5.74. The molecule has 4 aromatic heterocycles. The summed E-state index contributed by atoms with van der Waals surface area (Å²) < 4.78 is 96.3. The Labute approximate surface area is 416 Å². The van der Waals surface area contributed by atoms with E-state index in [1.54, 1.807) is 66.8 Å². The van der Waals surface area contributed by atoms with Crippen molar-refractivity contribution >= 4 is 43.9 Å². The summed E-state index contributed by atoms with van der Waals surface area (Å²) in [4.78, 5) is 20.2. The Morgan fingerprint density at radius 1 is 0.582 bits per heavy atom. The zero-order valence-corrected chi connectivity index (χ0v) is 38.5. The second kappa shape index (κ2) is 16.5. The number of hydrogen-bond acceptors (Lipinski definition) is 2. The molecule has 0 aliphatic rings. The van der Waals surface area contributed by atoms with Gasteiger partial charge < -0.3 is 18.3 Å². The van der Waals surface area contributed by atoms with Crippen LogP contribution in [0.2, 0.25) is 0 Å². The Balaban J connectivity index is 0.00000631. The molecule has 0 amide bonds. The number of rotatable bonds is 7. The number of nitrogens with zero attached hydrogens (tertiary/aromatic N) is 6. The predicted octanol–water partition coefficient (Wildman–Crippen LogP) is 12.5. The molecular formula is C59H42N6OPt-2. The Bertz CT molecular complexity index is 4360. The van der Waals surface area contributed by atoms with Gasteiger partial charge in [0.25, 0.3) is 6.33 Å². The van der Waals surface area contributed by atoms with Crippen LogP contribution in [-0.4, -0.2) is 23.3 Å². The third-order valence-electron chi connectivity index (χ3n) is 12.0. The van der Waals surface area contributed by atoms with Crippen LogP contribution in [0.1, 0.15) is 40.0 Å². The van der Waals surface area contributed by atoms with E-state index in [-0.39, 0.29) is 60.1 Å². The third-order valence-corrected chi connectivity index (χ3v) is 12.0. The first-order valence-electron chi connectivity index (χ1n) is 26.4. The van der Waals surface area contributed by atoms with Crippen LogP contribution in [-0.2, 0) is 26.5 Å². The van der Waals surface area contributed by atoms with Crippen molar-refractivity contribution in [3.63, 3.8) is 0 Å². The maximum atomic E-state index is 15.3. The second-order valence-corrected chi connectivity index (χ2v) is 16.9. The predicted molar refractivity (Wildman–Crippen MR) is 265 cm³/mol. The minimum Gasteiger partial charge on any atom is -0.319 e. The first-order chi connectivity index (χ1) is 36.5. The van der Waals surface area contributed by atoms with Gasteiger partial charge >= 0.3 is 5.69 Å². The quantitative estimate of drug-likeness (QED) is 0.118. The zero-order valence-electron chi connectivity index (χ0n) is 46.2. The van der Waals surface area contributed by atoms with Gasteiger partial charge in [0.15, 0.2) is 0 Å². The van der Waals surface area contributed by atoms with E-state index in [0.717, 1.165) is 21.9 Å². The molecule has 8 aromatic carbocycles. The fourth-order valence-electron chi connectivity index (χ4n) is 8.92. The molecule has 4 heterocycles. The molecule has 67 heavy (non-hydrogen) atoms. The van der Waals surface area contributed by atoms with Crippen LogP contribution in [0.15, 0.2) is 205 Å². The van der Waals surface area contributed by atoms with Crippen molar-refractivity contribution in [3.8, 4) is 50.8 Å². The third kappa shape index (κ3) is 6.97. The van der Waals surface area contributed by atoms with Gasteiger partial charge in [0.05, 0.1) is 30.4 Å². The number of aromatic nitrogens is 6. The van der Waals surface area contributed by atoms with Gasteiger partial charge in [-0.05, 0) is 85.7 Å². The monoisotopic (exact) mass is 1060 g/mol. The van der Waals surface area contributed by atoms with E-state index in [2.05, 4.69) is 62.0 Å². The van der Waals surface area contributed by atoms with Gasteiger partial charge in [-0.1, -0.05) is 177 Å². The van der Waals surface area contributed by atoms with E-state index in [1.165, 1.54) is 0 Å². The molecule has 8 heteroatoms. The molecule has 0 spiro atoms. The summed E-state index contributed by atoms with van der Waals surface area (Å²) in [5.74, 6) is 0.699. The number of hydrogen-bond donors (Lipinski definition) is 0. The first kappa shape index (κ1) is 31.9. The minimum absolute atomic E-state index is 0. The molecule has 7 nitrogen and oxygen atoms in total. The number of pyridine rings is 1. The van der Waals surface area contributed by atoms with E-state index in [4.69, 9.17) is 18.7 Å². The largest absolute Gasteiger partial charge is 0.323 e. The fraction of sp³-hybridized carbons (Fsp3) is 0.0678. The molecule has 0 aliphatic carbocycles. The Hall–Kier alpha value is -7.86. The van der Waals surface area contributed by atoms with Crippen molar-refractivity contribution in [3.05, 3.63) is 235 Å². The van der Waals surface area contributed by atoms with Crippen LogP contribution in [0, 0.1) is 18.5 Å². The molecule has 0 radical (unpaired) electrons. The topological polar surface area (TPSA) is 53.6 Å². The minimum atomic E-state index is -0.591. The Morgan fingerprint density at radius 2 is 1.22 bits per heavy atom. The van der Waals surface area contributed by atoms with Gasteiger partial charge in [0.2, 0.25) is 0 Å². The van der Waals surface area contributed by atoms with Gasteiger partial charge in [-0.3, -0.25) is 4.57 Å². The van der Waals surface area contributed by atoms with Crippen molar-refractivity contribution < 1.29 is 39.3 Å². The number of benzene rings is 8. The number of imidazole rings is 2. The van der Waals surface area contributed by atoms with Crippen LogP contribution in [0.4, 0.5) is 0 Å². The van der Waals surface area contributed by atoms with E-state index in [0.29, 0.717) is 50.5 Å². The van der Waals surface area contributed by atoms with Gasteiger partial charge in [0, 0.05) is 38.5 Å². The molecule has 0 saturated carbocycles. The number of para-hydroxylation sites is 5. The van der Waals surface area contributed by atoms with E-state index in [9.17, 15) is 0 Å². The summed E-state index contributed by atoms with van der Waals surface area (Å²) in [6, 6.07) is 42.7. The van der Waals surface area contributed by atoms with E-state index < -0.39 is 60.4 Å². The Morgan fingerprint density at radius 3 is 1.94 bits per heavy atom. The zero-order chi connectivity index (χ0) is 53.2. The van der Waals surface area contributed by atoms with Crippen LogP contribution in [0.25, 0.3) is 94.7 Å². The molecule has 0 N–H and O–H groups in total. The summed E-state index contributed by atoms with van der Waals surface area (Å²) in [6.07, 6.45) is 5.24. The molecule has 0 bridgehead atoms. The fourth-order valence-corrected chi connectivity index (χ4v) is 8.92. The van der Waals surface area contributed by atoms with E-state index >= 15 is 4.79 Å². The standard InChI is InChI=1S/C59H42N6O.Pt/c1-59(2,3)42-33-34-60-56(35-42)65-50-30-14-13-27-48(50)49-37-54-55(38-53(49)65)64(58(66)63(54)43-23-11-6-12-24-43)45-26-17-25-44(36-45)61-39-62(52-32-16-15-31-51(52)61)57-46(40-19-7-4-8-20-40)28-18-29-47(57)41-21-9-5-10-22-41;/h4-35,37H,1-3H3;/q-2;/i4D,5D,7D,8D,9D,10D,19D,20D,21D,22D;. The molecule has 0 atom stereocenters. The average Bonchev–Trinajstić information content (AvgIpc) is 4.14. The summed E-state index contributed by atoms with van der Waals surface area (Å²) in [7, 11) is 0. The molecule has 0 aliphatic heterocycles. The smallest absolute Gasteiger partial charge is 0.319 e. The second-order valence-electron chi connectivity index (χ2n) is 16.9. The van der Waals surface area contributed by atoms with Gasteiger partial charge in [0.1, 0.15) is 5.82 Å². The summed E-state index contributed by atoms with van der Waals surface area (Å²) in [5, 5.41) is 1.83. The van der Waals surface area contributed by atoms with Crippen LogP contribution < -0.4 is 10.3 Å². The molecular weight excluding hydrogens is 1000 g/mol. The van der Waals surface area contributed by atoms with Crippen LogP contribution >= 0.6 is 0 Å². The Kier molecular flexibility index (Phi) is 7.88. The number of fused-ring (bicyclic) bond motifs is 5. The normalized spacial score (nSPS) is 13.8. The van der Waals surface area contributed by atoms with Crippen molar-refractivity contribution in [2.24, 2.45) is 0 Å². The van der Waals surface area contributed by atoms with Crippen LogP contribution in [0.5, 0.6) is 0 Å². The first-order valence-corrected chi connectivity index (χ1v) is 21.4. The van der Waals surface area contributed by atoms with Crippen molar-refractivity contribution in [2.75, 3.05) is 0 Å². The van der Waals surface area contributed by atoms with Crippen LogP contribution in [0.3, 0.4) is 0 Å². The average molecular weight is 1060 g/mol. The molecule has 326 valence electrons. The van der Waals surface area contributed by atoms with Gasteiger partial charge in [-0.25, -0.2) is 9.78 Å². The van der Waals surface area contributed by atoms with E-state index in [1.807, 2.05) is 72.9 Å². The molecule has 12 rings (SSSR count). The summed E-state index contributed by atoms with van der Waals surface area (Å²) in [6.45, 7) is 6.47. The molecule has 0 unspecified atom stereocenters. The molecule has 12 aromatic rings. The van der Waals surface area contributed by atoms with Crippen molar-refractivity contribution in [2.45, 2.75) is 26.2 Å². The maximum absolute atomic E-state index is 15.3. The molecule has 0 fully saturated rings. The molecule has 0 saturated heterocycles.